The van der Waals surface area contributed by atoms with Crippen LogP contribution in [0.15, 0.2) is 30.3 Å². The van der Waals surface area contributed by atoms with E-state index in [1.165, 1.54) is 4.80 Å². The normalized spacial score (nSPS) is 13.2. The van der Waals surface area contributed by atoms with Gasteiger partial charge < -0.3 is 5.32 Å². The van der Waals surface area contributed by atoms with E-state index in [1.807, 2.05) is 37.3 Å². The maximum atomic E-state index is 12.0. The summed E-state index contributed by atoms with van der Waals surface area (Å²) in [6.07, 6.45) is 6.07. The summed E-state index contributed by atoms with van der Waals surface area (Å²) in [6.45, 7) is 3.70. The molecule has 1 aromatic heterocycles. The van der Waals surface area contributed by atoms with Gasteiger partial charge in [0.15, 0.2) is 0 Å². The Bertz CT molecular complexity index is 658. The molecule has 6 nitrogen and oxygen atoms in total. The average molecular weight is 283 g/mol. The van der Waals surface area contributed by atoms with Crippen LogP contribution in [0.1, 0.15) is 20.3 Å². The van der Waals surface area contributed by atoms with Crippen molar-refractivity contribution in [1.82, 2.24) is 25.5 Å². The fourth-order valence-corrected chi connectivity index (χ4v) is 1.72. The van der Waals surface area contributed by atoms with Crippen molar-refractivity contribution < 1.29 is 4.79 Å². The predicted molar refractivity (Wildman–Crippen MR) is 78.9 cm³/mol. The van der Waals surface area contributed by atoms with Crippen LogP contribution in [-0.4, -0.2) is 31.7 Å². The van der Waals surface area contributed by atoms with Gasteiger partial charge in [-0.15, -0.1) is 16.6 Å². The van der Waals surface area contributed by atoms with Crippen LogP contribution >= 0.6 is 0 Å². The second-order valence-electron chi connectivity index (χ2n) is 4.89. The number of nitrogens with one attached hydrogen (secondary N) is 1. The highest BCUT2D eigenvalue weighted by atomic mass is 16.2. The molecule has 1 N–H and O–H groups in total. The van der Waals surface area contributed by atoms with Crippen LogP contribution in [0.2, 0.25) is 0 Å². The smallest absolute Gasteiger partial charge is 0.244 e. The lowest BCUT2D eigenvalue weighted by Gasteiger charge is -2.22. The predicted octanol–water partition coefficient (Wildman–Crippen LogP) is 1.26. The highest BCUT2D eigenvalue weighted by Crippen LogP contribution is 2.12. The van der Waals surface area contributed by atoms with Gasteiger partial charge >= 0.3 is 0 Å². The summed E-state index contributed by atoms with van der Waals surface area (Å²) in [4.78, 5) is 13.2. The van der Waals surface area contributed by atoms with Gasteiger partial charge in [-0.25, -0.2) is 0 Å². The third kappa shape index (κ3) is 3.66. The van der Waals surface area contributed by atoms with Crippen LogP contribution in [0.25, 0.3) is 11.4 Å². The van der Waals surface area contributed by atoms with Crippen LogP contribution in [0.3, 0.4) is 0 Å². The number of hydrogen-bond donors (Lipinski definition) is 1. The van der Waals surface area contributed by atoms with Gasteiger partial charge in [0, 0.05) is 5.56 Å². The van der Waals surface area contributed by atoms with Gasteiger partial charge in [-0.2, -0.15) is 4.80 Å². The quantitative estimate of drug-likeness (QED) is 0.838. The van der Waals surface area contributed by atoms with E-state index in [1.54, 1.807) is 6.92 Å². The van der Waals surface area contributed by atoms with E-state index in [2.05, 4.69) is 26.6 Å². The molecule has 0 bridgehead atoms. The van der Waals surface area contributed by atoms with E-state index in [9.17, 15) is 4.79 Å². The summed E-state index contributed by atoms with van der Waals surface area (Å²) in [5, 5.41) is 14.8. The lowest BCUT2D eigenvalue weighted by molar-refractivity contribution is -0.123. The number of nitrogens with zero attached hydrogens (tertiary/aromatic N) is 4. The van der Waals surface area contributed by atoms with Gasteiger partial charge in [0.1, 0.15) is 6.54 Å². The van der Waals surface area contributed by atoms with E-state index >= 15 is 0 Å². The number of carbonyl (C=O) groups excluding carboxylic acids is 1. The zero-order valence-corrected chi connectivity index (χ0v) is 12.1. The Morgan fingerprint density at radius 2 is 2.14 bits per heavy atom. The standard InChI is InChI=1S/C15H17N5O/c1-4-15(3,5-2)16-13(21)11-20-18-14(17-19-20)12-9-7-6-8-10-12/h1,6-10H,5,11H2,2-3H3,(H,16,21)/t15-/m1/s1. The molecule has 0 radical (unpaired) electrons. The Morgan fingerprint density at radius 1 is 1.43 bits per heavy atom. The summed E-state index contributed by atoms with van der Waals surface area (Å²) >= 11 is 0. The molecule has 1 heterocycles. The first kappa shape index (κ1) is 14.7. The minimum absolute atomic E-state index is 0.0168. The zero-order valence-electron chi connectivity index (χ0n) is 12.1. The number of carbonyl (C=O) groups is 1. The summed E-state index contributed by atoms with van der Waals surface area (Å²) in [5.41, 5.74) is 0.200. The van der Waals surface area contributed by atoms with Crippen molar-refractivity contribution in [2.45, 2.75) is 32.4 Å². The lowest BCUT2D eigenvalue weighted by atomic mass is 10.0. The van der Waals surface area contributed by atoms with Crippen LogP contribution in [0.5, 0.6) is 0 Å². The molecule has 0 fully saturated rings. The summed E-state index contributed by atoms with van der Waals surface area (Å²) < 4.78 is 0. The molecule has 0 aliphatic carbocycles. The van der Waals surface area contributed by atoms with Crippen molar-refractivity contribution in [2.24, 2.45) is 0 Å². The van der Waals surface area contributed by atoms with E-state index in [0.29, 0.717) is 12.2 Å². The molecule has 21 heavy (non-hydrogen) atoms. The summed E-state index contributed by atoms with van der Waals surface area (Å²) in [7, 11) is 0. The molecular weight excluding hydrogens is 266 g/mol. The highest BCUT2D eigenvalue weighted by Gasteiger charge is 2.21. The Labute approximate surface area is 123 Å². The third-order valence-electron chi connectivity index (χ3n) is 3.21. The molecule has 2 rings (SSSR count). The zero-order chi connectivity index (χ0) is 15.3. The number of aromatic nitrogens is 4. The fraction of sp³-hybridized carbons (Fsp3) is 0.333. The second-order valence-corrected chi connectivity index (χ2v) is 4.89. The molecule has 1 amide bonds. The second kappa shape index (κ2) is 6.18. The van der Waals surface area contributed by atoms with Crippen molar-refractivity contribution in [1.29, 1.82) is 0 Å². The van der Waals surface area contributed by atoms with Crippen LogP contribution in [-0.2, 0) is 11.3 Å². The number of amides is 1. The van der Waals surface area contributed by atoms with Gasteiger partial charge in [0.05, 0.1) is 5.54 Å². The molecule has 0 unspecified atom stereocenters. The molecule has 1 atom stereocenters. The van der Waals surface area contributed by atoms with E-state index in [4.69, 9.17) is 6.42 Å². The Balaban J connectivity index is 2.03. The maximum absolute atomic E-state index is 12.0. The number of tetrazole rings is 1. The van der Waals surface area contributed by atoms with E-state index < -0.39 is 5.54 Å². The third-order valence-corrected chi connectivity index (χ3v) is 3.21. The van der Waals surface area contributed by atoms with Gasteiger partial charge in [-0.1, -0.05) is 43.2 Å². The first-order valence-electron chi connectivity index (χ1n) is 6.68. The van der Waals surface area contributed by atoms with Crippen molar-refractivity contribution in [3.8, 4) is 23.7 Å². The molecule has 0 saturated heterocycles. The molecule has 2 aromatic rings. The molecule has 0 aliphatic rings. The number of benzene rings is 1. The summed E-state index contributed by atoms with van der Waals surface area (Å²) in [5.74, 6) is 2.82. The van der Waals surface area contributed by atoms with Gasteiger partial charge in [-0.3, -0.25) is 4.79 Å². The van der Waals surface area contributed by atoms with Crippen LogP contribution in [0.4, 0.5) is 0 Å². The molecule has 0 aliphatic heterocycles. The maximum Gasteiger partial charge on any atom is 0.244 e. The van der Waals surface area contributed by atoms with Gasteiger partial charge in [0.2, 0.25) is 11.7 Å². The van der Waals surface area contributed by atoms with Crippen molar-refractivity contribution >= 4 is 5.91 Å². The number of rotatable bonds is 5. The highest BCUT2D eigenvalue weighted by molar-refractivity contribution is 5.77. The molecule has 108 valence electrons. The minimum Gasteiger partial charge on any atom is -0.338 e. The molecule has 6 heteroatoms. The minimum atomic E-state index is -0.653. The Morgan fingerprint density at radius 3 is 2.76 bits per heavy atom. The molecular formula is C15H17N5O. The van der Waals surface area contributed by atoms with E-state index in [0.717, 1.165) is 5.56 Å². The number of hydrogen-bond acceptors (Lipinski definition) is 4. The molecule has 0 saturated carbocycles. The van der Waals surface area contributed by atoms with Gasteiger partial charge in [-0.05, 0) is 18.6 Å². The lowest BCUT2D eigenvalue weighted by Crippen LogP contribution is -2.45. The Hall–Kier alpha value is -2.68. The SMILES string of the molecule is C#C[C@](C)(CC)NC(=O)Cn1nnc(-c2ccccc2)n1. The number of terminal acetylenes is 1. The fourth-order valence-electron chi connectivity index (χ4n) is 1.72. The molecule has 1 aromatic carbocycles. The largest absolute Gasteiger partial charge is 0.338 e. The average Bonchev–Trinajstić information content (AvgIpc) is 2.96. The summed E-state index contributed by atoms with van der Waals surface area (Å²) in [6, 6.07) is 9.46. The first-order valence-corrected chi connectivity index (χ1v) is 6.68. The van der Waals surface area contributed by atoms with Crippen LogP contribution < -0.4 is 5.32 Å². The van der Waals surface area contributed by atoms with E-state index in [-0.39, 0.29) is 12.5 Å². The van der Waals surface area contributed by atoms with Crippen molar-refractivity contribution in [3.05, 3.63) is 30.3 Å². The monoisotopic (exact) mass is 283 g/mol. The Kier molecular flexibility index (Phi) is 4.33. The van der Waals surface area contributed by atoms with Gasteiger partial charge in [0.25, 0.3) is 0 Å². The van der Waals surface area contributed by atoms with Crippen molar-refractivity contribution in [2.75, 3.05) is 0 Å². The first-order chi connectivity index (χ1) is 10.1. The topological polar surface area (TPSA) is 72.7 Å². The van der Waals surface area contributed by atoms with Crippen molar-refractivity contribution in [3.63, 3.8) is 0 Å². The molecule has 0 spiro atoms. The van der Waals surface area contributed by atoms with Crippen LogP contribution in [0, 0.1) is 12.3 Å².